The molecule has 3 rings (SSSR count). The molecular formula is C15H20N6O. The summed E-state index contributed by atoms with van der Waals surface area (Å²) in [5, 5.41) is 4.07. The van der Waals surface area contributed by atoms with Gasteiger partial charge in [0.15, 0.2) is 0 Å². The lowest BCUT2D eigenvalue weighted by Gasteiger charge is -2.39. The minimum Gasteiger partial charge on any atom is -0.337 e. The van der Waals surface area contributed by atoms with Crippen LogP contribution in [0, 0.1) is 6.92 Å². The molecule has 0 N–H and O–H groups in total. The van der Waals surface area contributed by atoms with E-state index in [-0.39, 0.29) is 11.9 Å². The Bertz CT molecular complexity index is 665. The molecule has 2 aromatic rings. The molecule has 3 heterocycles. The van der Waals surface area contributed by atoms with Gasteiger partial charge >= 0.3 is 0 Å². The SMILES string of the molecule is Cc1cnc(N2CCN(C(=O)c3cnn(C)c3)C(C)C2)nc1. The quantitative estimate of drug-likeness (QED) is 0.823. The van der Waals surface area contributed by atoms with E-state index in [9.17, 15) is 4.79 Å². The standard InChI is InChI=1S/C15H20N6O/c1-11-6-16-15(17-7-11)20-4-5-21(12(2)9-20)14(22)13-8-18-19(3)10-13/h6-8,10,12H,4-5,9H2,1-3H3. The molecule has 22 heavy (non-hydrogen) atoms. The number of aryl methyl sites for hydroxylation is 2. The van der Waals surface area contributed by atoms with Crippen LogP contribution >= 0.6 is 0 Å². The lowest BCUT2D eigenvalue weighted by molar-refractivity contribution is 0.0673. The van der Waals surface area contributed by atoms with Crippen molar-refractivity contribution in [2.24, 2.45) is 7.05 Å². The summed E-state index contributed by atoms with van der Waals surface area (Å²) in [6.45, 7) is 6.14. The van der Waals surface area contributed by atoms with Gasteiger partial charge in [-0.25, -0.2) is 9.97 Å². The Hall–Kier alpha value is -2.44. The van der Waals surface area contributed by atoms with E-state index in [0.717, 1.165) is 24.6 Å². The third-order valence-electron chi connectivity index (χ3n) is 3.89. The highest BCUT2D eigenvalue weighted by molar-refractivity contribution is 5.94. The van der Waals surface area contributed by atoms with Gasteiger partial charge in [-0.3, -0.25) is 9.48 Å². The minimum atomic E-state index is 0.0325. The fraction of sp³-hybridized carbons (Fsp3) is 0.467. The molecule has 1 atom stereocenters. The van der Waals surface area contributed by atoms with Crippen molar-refractivity contribution in [3.63, 3.8) is 0 Å². The Balaban J connectivity index is 1.69. The van der Waals surface area contributed by atoms with Gasteiger partial charge in [0.1, 0.15) is 0 Å². The molecule has 0 aliphatic carbocycles. The number of anilines is 1. The van der Waals surface area contributed by atoms with Gasteiger partial charge in [-0.05, 0) is 19.4 Å². The molecule has 1 fully saturated rings. The second kappa shape index (κ2) is 5.75. The van der Waals surface area contributed by atoms with Gasteiger partial charge in [-0.15, -0.1) is 0 Å². The first kappa shape index (κ1) is 14.5. The van der Waals surface area contributed by atoms with Crippen LogP contribution < -0.4 is 4.90 Å². The molecule has 0 aromatic carbocycles. The number of rotatable bonds is 2. The molecule has 1 aliphatic heterocycles. The average molecular weight is 300 g/mol. The van der Waals surface area contributed by atoms with E-state index in [2.05, 4.69) is 26.9 Å². The van der Waals surface area contributed by atoms with Crippen LogP contribution in [-0.2, 0) is 7.05 Å². The monoisotopic (exact) mass is 300 g/mol. The van der Waals surface area contributed by atoms with Crippen molar-refractivity contribution in [2.75, 3.05) is 24.5 Å². The van der Waals surface area contributed by atoms with Gasteiger partial charge in [-0.1, -0.05) is 0 Å². The summed E-state index contributed by atoms with van der Waals surface area (Å²) in [6.07, 6.45) is 7.01. The van der Waals surface area contributed by atoms with Crippen molar-refractivity contribution in [3.8, 4) is 0 Å². The summed E-state index contributed by atoms with van der Waals surface area (Å²) in [6, 6.07) is 0.103. The van der Waals surface area contributed by atoms with E-state index >= 15 is 0 Å². The number of amides is 1. The molecule has 1 unspecified atom stereocenters. The smallest absolute Gasteiger partial charge is 0.257 e. The molecule has 0 radical (unpaired) electrons. The summed E-state index contributed by atoms with van der Waals surface area (Å²) in [5.74, 6) is 0.760. The number of hydrogen-bond acceptors (Lipinski definition) is 5. The summed E-state index contributed by atoms with van der Waals surface area (Å²) in [4.78, 5) is 25.3. The zero-order valence-corrected chi connectivity index (χ0v) is 13.1. The number of carbonyl (C=O) groups excluding carboxylic acids is 1. The van der Waals surface area contributed by atoms with Crippen molar-refractivity contribution < 1.29 is 4.79 Å². The maximum absolute atomic E-state index is 12.5. The van der Waals surface area contributed by atoms with Gasteiger partial charge < -0.3 is 9.80 Å². The number of piperazine rings is 1. The number of aromatic nitrogens is 4. The van der Waals surface area contributed by atoms with Gasteiger partial charge in [0.2, 0.25) is 5.95 Å². The minimum absolute atomic E-state index is 0.0325. The molecule has 7 heteroatoms. The topological polar surface area (TPSA) is 67.2 Å². The Morgan fingerprint density at radius 2 is 1.95 bits per heavy atom. The van der Waals surface area contributed by atoms with Crippen LogP contribution in [0.1, 0.15) is 22.8 Å². The second-order valence-corrected chi connectivity index (χ2v) is 5.76. The van der Waals surface area contributed by atoms with Crippen molar-refractivity contribution in [2.45, 2.75) is 19.9 Å². The first-order chi connectivity index (χ1) is 10.5. The van der Waals surface area contributed by atoms with Crippen molar-refractivity contribution in [1.82, 2.24) is 24.6 Å². The largest absolute Gasteiger partial charge is 0.337 e. The lowest BCUT2D eigenvalue weighted by atomic mass is 10.1. The molecule has 0 spiro atoms. The summed E-state index contributed by atoms with van der Waals surface area (Å²) >= 11 is 0. The van der Waals surface area contributed by atoms with Gasteiger partial charge in [-0.2, -0.15) is 5.10 Å². The molecule has 0 bridgehead atoms. The first-order valence-corrected chi connectivity index (χ1v) is 7.38. The lowest BCUT2D eigenvalue weighted by Crippen LogP contribution is -2.54. The van der Waals surface area contributed by atoms with Crippen LogP contribution in [-0.4, -0.2) is 56.2 Å². The highest BCUT2D eigenvalue weighted by Gasteiger charge is 2.29. The first-order valence-electron chi connectivity index (χ1n) is 7.38. The Morgan fingerprint density at radius 3 is 2.55 bits per heavy atom. The maximum Gasteiger partial charge on any atom is 0.257 e. The summed E-state index contributed by atoms with van der Waals surface area (Å²) in [7, 11) is 1.81. The van der Waals surface area contributed by atoms with Crippen LogP contribution in [0.4, 0.5) is 5.95 Å². The normalized spacial score (nSPS) is 18.6. The molecular weight excluding hydrogens is 280 g/mol. The number of carbonyl (C=O) groups is 1. The van der Waals surface area contributed by atoms with E-state index < -0.39 is 0 Å². The maximum atomic E-state index is 12.5. The van der Waals surface area contributed by atoms with Crippen LogP contribution in [0.5, 0.6) is 0 Å². The van der Waals surface area contributed by atoms with Crippen molar-refractivity contribution in [3.05, 3.63) is 35.9 Å². The molecule has 1 amide bonds. The van der Waals surface area contributed by atoms with E-state index in [1.807, 2.05) is 31.3 Å². The van der Waals surface area contributed by atoms with Crippen LogP contribution in [0.25, 0.3) is 0 Å². The van der Waals surface area contributed by atoms with E-state index in [0.29, 0.717) is 12.1 Å². The molecule has 7 nitrogen and oxygen atoms in total. The predicted molar refractivity (Wildman–Crippen MR) is 82.7 cm³/mol. The fourth-order valence-corrected chi connectivity index (χ4v) is 2.69. The van der Waals surface area contributed by atoms with E-state index in [1.54, 1.807) is 17.1 Å². The molecule has 1 saturated heterocycles. The molecule has 0 saturated carbocycles. The zero-order chi connectivity index (χ0) is 15.7. The van der Waals surface area contributed by atoms with Gasteiger partial charge in [0.05, 0.1) is 11.8 Å². The highest BCUT2D eigenvalue weighted by atomic mass is 16.2. The summed E-state index contributed by atoms with van der Waals surface area (Å²) < 4.78 is 1.65. The number of hydrogen-bond donors (Lipinski definition) is 0. The molecule has 1 aliphatic rings. The van der Waals surface area contributed by atoms with Crippen LogP contribution in [0.2, 0.25) is 0 Å². The van der Waals surface area contributed by atoms with Crippen molar-refractivity contribution in [1.29, 1.82) is 0 Å². The van der Waals surface area contributed by atoms with E-state index in [4.69, 9.17) is 0 Å². The fourth-order valence-electron chi connectivity index (χ4n) is 2.69. The molecule has 116 valence electrons. The third kappa shape index (κ3) is 2.79. The number of nitrogens with zero attached hydrogens (tertiary/aromatic N) is 6. The Kier molecular flexibility index (Phi) is 3.79. The van der Waals surface area contributed by atoms with Gasteiger partial charge in [0, 0.05) is 51.3 Å². The van der Waals surface area contributed by atoms with E-state index in [1.165, 1.54) is 0 Å². The average Bonchev–Trinajstić information content (AvgIpc) is 2.94. The van der Waals surface area contributed by atoms with Crippen molar-refractivity contribution >= 4 is 11.9 Å². The third-order valence-corrected chi connectivity index (χ3v) is 3.89. The van der Waals surface area contributed by atoms with Gasteiger partial charge in [0.25, 0.3) is 5.91 Å². The predicted octanol–water partition coefficient (Wildman–Crippen LogP) is 0.869. The zero-order valence-electron chi connectivity index (χ0n) is 13.1. The second-order valence-electron chi connectivity index (χ2n) is 5.76. The van der Waals surface area contributed by atoms with Crippen LogP contribution in [0.15, 0.2) is 24.8 Å². The highest BCUT2D eigenvalue weighted by Crippen LogP contribution is 2.17. The summed E-state index contributed by atoms with van der Waals surface area (Å²) in [5.41, 5.74) is 1.68. The van der Waals surface area contributed by atoms with Crippen LogP contribution in [0.3, 0.4) is 0 Å². The molecule has 2 aromatic heterocycles. The Morgan fingerprint density at radius 1 is 1.23 bits per heavy atom. The Labute approximate surface area is 129 Å².